The quantitative estimate of drug-likeness (QED) is 0.349. The van der Waals surface area contributed by atoms with Crippen molar-refractivity contribution in [2.75, 3.05) is 19.0 Å². The van der Waals surface area contributed by atoms with Gasteiger partial charge in [0.05, 0.1) is 11.9 Å². The summed E-state index contributed by atoms with van der Waals surface area (Å²) in [6.07, 6.45) is 7.12. The standard InChI is InChI=1S/C30H36N6O2/c1-30(2,3)38-29(37)33-23-14-11-21(12-15-23)26-17-27(35(4)5)36-28(34-26)24(19-32-36)22-13-16-25(31-18-22)20-9-7-6-8-10-20/h6-10,13,16-19,21,23H,11-12,14-15H2,1-5H3,(H,33,37). The third-order valence-corrected chi connectivity index (χ3v) is 6.94. The number of pyridine rings is 1. The highest BCUT2D eigenvalue weighted by Gasteiger charge is 2.27. The van der Waals surface area contributed by atoms with E-state index in [-0.39, 0.29) is 12.1 Å². The Morgan fingerprint density at radius 1 is 1.00 bits per heavy atom. The van der Waals surface area contributed by atoms with Gasteiger partial charge in [-0.3, -0.25) is 4.98 Å². The van der Waals surface area contributed by atoms with Crippen molar-refractivity contribution < 1.29 is 9.53 Å². The summed E-state index contributed by atoms with van der Waals surface area (Å²) in [4.78, 5) is 24.1. The Kier molecular flexibility index (Phi) is 7.06. The number of anilines is 1. The zero-order chi connectivity index (χ0) is 26.9. The molecule has 3 aromatic heterocycles. The summed E-state index contributed by atoms with van der Waals surface area (Å²) in [6.45, 7) is 5.64. The smallest absolute Gasteiger partial charge is 0.407 e. The van der Waals surface area contributed by atoms with E-state index >= 15 is 0 Å². The molecule has 1 saturated carbocycles. The fraction of sp³-hybridized carbons (Fsp3) is 0.400. The van der Waals surface area contributed by atoms with Crippen LogP contribution in [0.3, 0.4) is 0 Å². The average molecular weight is 513 g/mol. The van der Waals surface area contributed by atoms with Gasteiger partial charge in [0, 0.05) is 60.7 Å². The van der Waals surface area contributed by atoms with Crippen LogP contribution < -0.4 is 10.2 Å². The number of fused-ring (bicyclic) bond motifs is 1. The van der Waals surface area contributed by atoms with Crippen molar-refractivity contribution in [3.63, 3.8) is 0 Å². The third kappa shape index (κ3) is 5.64. The van der Waals surface area contributed by atoms with Crippen LogP contribution in [0.4, 0.5) is 10.6 Å². The SMILES string of the molecule is CN(C)c1cc(C2CCC(NC(=O)OC(C)(C)C)CC2)nc2c(-c3ccc(-c4ccccc4)nc3)cnn12. The molecule has 8 nitrogen and oxygen atoms in total. The zero-order valence-corrected chi connectivity index (χ0v) is 22.8. The maximum atomic E-state index is 12.2. The second kappa shape index (κ2) is 10.4. The number of rotatable bonds is 5. The number of carbonyl (C=O) groups is 1. The first kappa shape index (κ1) is 25.7. The maximum Gasteiger partial charge on any atom is 0.407 e. The summed E-state index contributed by atoms with van der Waals surface area (Å²) < 4.78 is 7.34. The van der Waals surface area contributed by atoms with Crippen molar-refractivity contribution in [3.8, 4) is 22.4 Å². The van der Waals surface area contributed by atoms with Gasteiger partial charge in [0.1, 0.15) is 11.4 Å². The molecule has 1 amide bonds. The molecule has 1 N–H and O–H groups in total. The largest absolute Gasteiger partial charge is 0.444 e. The second-order valence-electron chi connectivity index (χ2n) is 11.2. The van der Waals surface area contributed by atoms with Crippen molar-refractivity contribution >= 4 is 17.6 Å². The Hall–Kier alpha value is -3.94. The molecular weight excluding hydrogens is 476 g/mol. The summed E-state index contributed by atoms with van der Waals surface area (Å²) in [5.74, 6) is 1.30. The third-order valence-electron chi connectivity index (χ3n) is 6.94. The molecule has 1 aromatic carbocycles. The number of aromatic nitrogens is 4. The second-order valence-corrected chi connectivity index (χ2v) is 11.2. The normalized spacial score (nSPS) is 17.8. The fourth-order valence-electron chi connectivity index (χ4n) is 5.04. The number of carbonyl (C=O) groups excluding carboxylic acids is 1. The van der Waals surface area contributed by atoms with E-state index in [1.807, 2.05) is 76.0 Å². The Labute approximate surface area is 224 Å². The molecule has 5 rings (SSSR count). The van der Waals surface area contributed by atoms with Gasteiger partial charge in [-0.15, -0.1) is 0 Å². The molecule has 198 valence electrons. The van der Waals surface area contributed by atoms with Crippen LogP contribution in [0.15, 0.2) is 60.9 Å². The molecule has 1 fully saturated rings. The van der Waals surface area contributed by atoms with Crippen molar-refractivity contribution in [1.29, 1.82) is 0 Å². The number of benzene rings is 1. The highest BCUT2D eigenvalue weighted by molar-refractivity contribution is 5.79. The van der Waals surface area contributed by atoms with Crippen LogP contribution in [0.5, 0.6) is 0 Å². The van der Waals surface area contributed by atoms with E-state index in [9.17, 15) is 4.79 Å². The summed E-state index contributed by atoms with van der Waals surface area (Å²) in [7, 11) is 4.05. The van der Waals surface area contributed by atoms with E-state index in [4.69, 9.17) is 14.7 Å². The van der Waals surface area contributed by atoms with Crippen LogP contribution in [-0.2, 0) is 4.74 Å². The Bertz CT molecular complexity index is 1400. The predicted octanol–water partition coefficient (Wildman–Crippen LogP) is 6.08. The summed E-state index contributed by atoms with van der Waals surface area (Å²) >= 11 is 0. The Morgan fingerprint density at radius 3 is 2.37 bits per heavy atom. The van der Waals surface area contributed by atoms with Crippen molar-refractivity contribution in [2.24, 2.45) is 0 Å². The lowest BCUT2D eigenvalue weighted by atomic mass is 9.84. The molecule has 0 saturated heterocycles. The first-order valence-corrected chi connectivity index (χ1v) is 13.3. The van der Waals surface area contributed by atoms with Gasteiger partial charge in [-0.1, -0.05) is 36.4 Å². The molecule has 0 radical (unpaired) electrons. The van der Waals surface area contributed by atoms with E-state index in [0.29, 0.717) is 5.92 Å². The molecule has 0 bridgehead atoms. The number of amides is 1. The molecule has 1 aliphatic rings. The average Bonchev–Trinajstić information content (AvgIpc) is 3.32. The lowest BCUT2D eigenvalue weighted by Crippen LogP contribution is -2.40. The first-order valence-electron chi connectivity index (χ1n) is 13.3. The van der Waals surface area contributed by atoms with Gasteiger partial charge < -0.3 is 15.0 Å². The number of ether oxygens (including phenoxy) is 1. The van der Waals surface area contributed by atoms with Crippen LogP contribution in [0, 0.1) is 0 Å². The van der Waals surface area contributed by atoms with Gasteiger partial charge >= 0.3 is 6.09 Å². The predicted molar refractivity (Wildman–Crippen MR) is 150 cm³/mol. The summed E-state index contributed by atoms with van der Waals surface area (Å²) in [6, 6.07) is 16.6. The number of nitrogens with one attached hydrogen (secondary N) is 1. The fourth-order valence-corrected chi connectivity index (χ4v) is 5.04. The van der Waals surface area contributed by atoms with E-state index in [0.717, 1.165) is 65.2 Å². The number of hydrogen-bond acceptors (Lipinski definition) is 6. The molecule has 0 unspecified atom stereocenters. The van der Waals surface area contributed by atoms with Crippen LogP contribution in [0.1, 0.15) is 58.1 Å². The minimum absolute atomic E-state index is 0.123. The Morgan fingerprint density at radius 2 is 1.74 bits per heavy atom. The maximum absolute atomic E-state index is 12.2. The molecule has 8 heteroatoms. The van der Waals surface area contributed by atoms with Crippen LogP contribution in [-0.4, -0.2) is 51.4 Å². The van der Waals surface area contributed by atoms with Gasteiger partial charge in [0.25, 0.3) is 0 Å². The van der Waals surface area contributed by atoms with Crippen molar-refractivity contribution in [2.45, 2.75) is 64.0 Å². The van der Waals surface area contributed by atoms with E-state index < -0.39 is 5.60 Å². The summed E-state index contributed by atoms with van der Waals surface area (Å²) in [5, 5.41) is 7.72. The van der Waals surface area contributed by atoms with Gasteiger partial charge in [0.15, 0.2) is 5.65 Å². The van der Waals surface area contributed by atoms with Gasteiger partial charge in [-0.25, -0.2) is 9.78 Å². The molecule has 0 spiro atoms. The highest BCUT2D eigenvalue weighted by Crippen LogP contribution is 2.35. The first-order chi connectivity index (χ1) is 18.2. The van der Waals surface area contributed by atoms with Gasteiger partial charge in [0.2, 0.25) is 0 Å². The lowest BCUT2D eigenvalue weighted by Gasteiger charge is -2.30. The van der Waals surface area contributed by atoms with E-state index in [2.05, 4.69) is 39.6 Å². The number of nitrogens with zero attached hydrogens (tertiary/aromatic N) is 5. The topological polar surface area (TPSA) is 84.7 Å². The molecule has 38 heavy (non-hydrogen) atoms. The van der Waals surface area contributed by atoms with Gasteiger partial charge in [-0.2, -0.15) is 9.61 Å². The molecule has 3 heterocycles. The zero-order valence-electron chi connectivity index (χ0n) is 22.8. The summed E-state index contributed by atoms with van der Waals surface area (Å²) in [5.41, 5.74) is 5.36. The molecular formula is C30H36N6O2. The lowest BCUT2D eigenvalue weighted by molar-refractivity contribution is 0.0491. The van der Waals surface area contributed by atoms with Crippen LogP contribution in [0.2, 0.25) is 0 Å². The highest BCUT2D eigenvalue weighted by atomic mass is 16.6. The van der Waals surface area contributed by atoms with E-state index in [1.165, 1.54) is 0 Å². The van der Waals surface area contributed by atoms with Gasteiger partial charge in [-0.05, 0) is 52.5 Å². The van der Waals surface area contributed by atoms with Crippen molar-refractivity contribution in [3.05, 3.63) is 66.6 Å². The molecule has 0 atom stereocenters. The number of alkyl carbamates (subject to hydrolysis) is 1. The molecule has 0 aliphatic heterocycles. The Balaban J connectivity index is 1.38. The van der Waals surface area contributed by atoms with Crippen molar-refractivity contribution in [1.82, 2.24) is 24.9 Å². The number of hydrogen-bond donors (Lipinski definition) is 1. The van der Waals surface area contributed by atoms with Crippen LogP contribution >= 0.6 is 0 Å². The van der Waals surface area contributed by atoms with E-state index in [1.54, 1.807) is 0 Å². The molecule has 4 aromatic rings. The molecule has 1 aliphatic carbocycles. The minimum atomic E-state index is -0.496. The monoisotopic (exact) mass is 512 g/mol. The van der Waals surface area contributed by atoms with Crippen LogP contribution in [0.25, 0.3) is 28.0 Å². The minimum Gasteiger partial charge on any atom is -0.444 e.